The maximum atomic E-state index is 5.61. The maximum Gasteiger partial charge on any atom is 0.196 e. The molecule has 1 saturated carbocycles. The van der Waals surface area contributed by atoms with Gasteiger partial charge in [-0.05, 0) is 83.1 Å². The number of likely N-dealkylation sites (tertiary alicyclic amines) is 1. The van der Waals surface area contributed by atoms with E-state index in [1.54, 1.807) is 29.4 Å². The van der Waals surface area contributed by atoms with Gasteiger partial charge in [0, 0.05) is 16.0 Å². The van der Waals surface area contributed by atoms with Gasteiger partial charge in [-0.25, -0.2) is 4.98 Å². The average Bonchev–Trinajstić information content (AvgIpc) is 3.61. The van der Waals surface area contributed by atoms with Gasteiger partial charge in [0.05, 0.1) is 18.3 Å². The van der Waals surface area contributed by atoms with Crippen molar-refractivity contribution in [3.05, 3.63) is 87.0 Å². The third kappa shape index (κ3) is 4.30. The van der Waals surface area contributed by atoms with Crippen LogP contribution in [0, 0.1) is 26.2 Å². The van der Waals surface area contributed by atoms with Crippen LogP contribution in [0.15, 0.2) is 51.7 Å². The number of fused-ring (bicyclic) bond motifs is 3. The Morgan fingerprint density at radius 2 is 1.85 bits per heavy atom. The Labute approximate surface area is 233 Å². The van der Waals surface area contributed by atoms with E-state index in [1.165, 1.54) is 60.3 Å². The van der Waals surface area contributed by atoms with Crippen molar-refractivity contribution >= 4 is 23.1 Å². The fourth-order valence-corrected chi connectivity index (χ4v) is 7.69. The highest BCUT2D eigenvalue weighted by molar-refractivity contribution is 7.15. The molecule has 1 aliphatic carbocycles. The van der Waals surface area contributed by atoms with Crippen molar-refractivity contribution in [3.8, 4) is 5.00 Å². The second-order valence-corrected chi connectivity index (χ2v) is 12.8. The predicted octanol–water partition coefficient (Wildman–Crippen LogP) is 6.27. The van der Waals surface area contributed by atoms with E-state index >= 15 is 0 Å². The highest BCUT2D eigenvalue weighted by Crippen LogP contribution is 2.52. The van der Waals surface area contributed by atoms with Crippen LogP contribution < -0.4 is 0 Å². The molecule has 1 saturated heterocycles. The Morgan fingerprint density at radius 3 is 2.56 bits per heavy atom. The lowest BCUT2D eigenvalue weighted by Gasteiger charge is -2.49. The van der Waals surface area contributed by atoms with Gasteiger partial charge in [0.1, 0.15) is 23.1 Å². The fraction of sp³-hybridized carbons (Fsp3) is 0.419. The van der Waals surface area contributed by atoms with Crippen LogP contribution in [0.3, 0.4) is 0 Å². The molecule has 7 nitrogen and oxygen atoms in total. The monoisotopic (exact) mass is 538 g/mol. The Bertz CT molecular complexity index is 1570. The summed E-state index contributed by atoms with van der Waals surface area (Å²) in [6, 6.07) is 8.71. The largest absolute Gasteiger partial charge is 0.449 e. The minimum Gasteiger partial charge on any atom is -0.449 e. The summed E-state index contributed by atoms with van der Waals surface area (Å²) in [6.45, 7) is 8.86. The number of benzene rings is 1. The summed E-state index contributed by atoms with van der Waals surface area (Å²) in [5.41, 5.74) is 7.97. The van der Waals surface area contributed by atoms with Crippen LogP contribution in [0.2, 0.25) is 0 Å². The first-order valence-electron chi connectivity index (χ1n) is 13.9. The molecule has 0 unspecified atom stereocenters. The van der Waals surface area contributed by atoms with Gasteiger partial charge >= 0.3 is 0 Å². The second kappa shape index (κ2) is 9.38. The molecular formula is C31H34N6OS. The molecule has 3 aliphatic rings. The zero-order valence-electron chi connectivity index (χ0n) is 23.1. The second-order valence-electron chi connectivity index (χ2n) is 11.6. The molecule has 0 amide bonds. The highest BCUT2D eigenvalue weighted by Gasteiger charge is 2.42. The van der Waals surface area contributed by atoms with E-state index in [1.807, 2.05) is 6.92 Å². The first-order valence-corrected chi connectivity index (χ1v) is 14.7. The van der Waals surface area contributed by atoms with Crippen molar-refractivity contribution in [2.75, 3.05) is 20.1 Å². The van der Waals surface area contributed by atoms with E-state index in [0.29, 0.717) is 17.7 Å². The lowest BCUT2D eigenvalue weighted by Crippen LogP contribution is -2.42. The van der Waals surface area contributed by atoms with Crippen LogP contribution in [-0.4, -0.2) is 50.5 Å². The fourth-order valence-electron chi connectivity index (χ4n) is 6.48. The molecule has 8 heteroatoms. The Morgan fingerprint density at radius 1 is 1.08 bits per heavy atom. The number of piperidine rings is 1. The van der Waals surface area contributed by atoms with Crippen LogP contribution in [0.4, 0.5) is 0 Å². The number of hydrogen-bond acceptors (Lipinski definition) is 7. The highest BCUT2D eigenvalue weighted by atomic mass is 32.1. The Kier molecular flexibility index (Phi) is 5.93. The summed E-state index contributed by atoms with van der Waals surface area (Å²) in [6.07, 6.45) is 11.4. The molecule has 1 spiro atoms. The van der Waals surface area contributed by atoms with Crippen LogP contribution in [0.25, 0.3) is 11.1 Å². The molecule has 200 valence electrons. The van der Waals surface area contributed by atoms with Crippen molar-refractivity contribution in [2.45, 2.75) is 58.9 Å². The number of allylic oxidation sites excluding steroid dienone is 1. The van der Waals surface area contributed by atoms with Crippen molar-refractivity contribution in [2.24, 2.45) is 10.4 Å². The lowest BCUT2D eigenvalue weighted by molar-refractivity contribution is 0.0842. The molecule has 39 heavy (non-hydrogen) atoms. The number of rotatable bonds is 4. The summed E-state index contributed by atoms with van der Waals surface area (Å²) in [5, 5.41) is 10.2. The SMILES string of the molecule is Cc1sc2c(c1C)C(c1ccc(C=C3CC4(CCN(C)CC4)C3)cc1)=N[C@@H](Cc1ncco1)c1nnc(C)n1-2. The number of thiophene rings is 1. The lowest BCUT2D eigenvalue weighted by atomic mass is 9.60. The molecule has 0 bridgehead atoms. The van der Waals surface area contributed by atoms with E-state index in [-0.39, 0.29) is 6.04 Å². The van der Waals surface area contributed by atoms with Gasteiger partial charge in [-0.15, -0.1) is 21.5 Å². The number of aromatic nitrogens is 4. The Balaban J connectivity index is 1.23. The molecule has 4 aromatic rings. The number of aliphatic imine (C=N–C) groups is 1. The predicted molar refractivity (Wildman–Crippen MR) is 155 cm³/mol. The molecule has 1 atom stereocenters. The number of nitrogens with zero attached hydrogens (tertiary/aromatic N) is 6. The number of hydrogen-bond donors (Lipinski definition) is 0. The van der Waals surface area contributed by atoms with Crippen molar-refractivity contribution in [3.63, 3.8) is 0 Å². The third-order valence-corrected chi connectivity index (χ3v) is 10.1. The van der Waals surface area contributed by atoms with Crippen molar-refractivity contribution in [1.82, 2.24) is 24.6 Å². The molecule has 2 fully saturated rings. The summed E-state index contributed by atoms with van der Waals surface area (Å²) in [5.74, 6) is 2.35. The van der Waals surface area contributed by atoms with Gasteiger partial charge in [-0.3, -0.25) is 9.56 Å². The van der Waals surface area contributed by atoms with E-state index in [0.717, 1.165) is 27.9 Å². The Hall–Kier alpha value is -3.36. The van der Waals surface area contributed by atoms with Gasteiger partial charge in [0.25, 0.3) is 0 Å². The molecule has 7 rings (SSSR count). The molecule has 2 aliphatic heterocycles. The van der Waals surface area contributed by atoms with E-state index in [4.69, 9.17) is 9.41 Å². The third-order valence-electron chi connectivity index (χ3n) is 8.90. The van der Waals surface area contributed by atoms with Crippen LogP contribution in [0.1, 0.15) is 76.4 Å². The molecule has 3 aromatic heterocycles. The topological polar surface area (TPSA) is 72.3 Å². The first kappa shape index (κ1) is 24.7. The van der Waals surface area contributed by atoms with E-state index in [2.05, 4.69) is 75.9 Å². The standard InChI is InChI=1S/C31H34N6OS/c1-19-20(2)39-30-27(19)28(33-25(16-26-32-11-14-38-26)29-35-34-21(3)37(29)30)24-7-5-22(6-8-24)15-23-17-31(18-23)9-12-36(4)13-10-31/h5-8,11,14-15,25H,9-10,12-13,16-18H2,1-4H3/t25-/m0/s1. The molecular weight excluding hydrogens is 504 g/mol. The summed E-state index contributed by atoms with van der Waals surface area (Å²) in [7, 11) is 2.24. The normalized spacial score (nSPS) is 20.3. The van der Waals surface area contributed by atoms with Gasteiger partial charge in [-0.2, -0.15) is 0 Å². The van der Waals surface area contributed by atoms with Gasteiger partial charge < -0.3 is 9.32 Å². The van der Waals surface area contributed by atoms with Crippen LogP contribution >= 0.6 is 11.3 Å². The smallest absolute Gasteiger partial charge is 0.196 e. The van der Waals surface area contributed by atoms with E-state index in [9.17, 15) is 0 Å². The summed E-state index contributed by atoms with van der Waals surface area (Å²) >= 11 is 1.78. The molecule has 5 heterocycles. The molecule has 0 radical (unpaired) electrons. The maximum absolute atomic E-state index is 5.61. The quantitative estimate of drug-likeness (QED) is 0.306. The minimum absolute atomic E-state index is 0.248. The van der Waals surface area contributed by atoms with Crippen molar-refractivity contribution in [1.29, 1.82) is 0 Å². The number of aryl methyl sites for hydroxylation is 2. The number of oxazole rings is 1. The van der Waals surface area contributed by atoms with Gasteiger partial charge in [0.2, 0.25) is 0 Å². The van der Waals surface area contributed by atoms with Gasteiger partial charge in [-0.1, -0.05) is 35.9 Å². The summed E-state index contributed by atoms with van der Waals surface area (Å²) < 4.78 is 7.79. The average molecular weight is 539 g/mol. The molecule has 0 N–H and O–H groups in total. The van der Waals surface area contributed by atoms with Crippen molar-refractivity contribution < 1.29 is 4.42 Å². The minimum atomic E-state index is -0.248. The summed E-state index contributed by atoms with van der Waals surface area (Å²) in [4.78, 5) is 13.5. The zero-order chi connectivity index (χ0) is 26.7. The van der Waals surface area contributed by atoms with Crippen LogP contribution in [0.5, 0.6) is 0 Å². The van der Waals surface area contributed by atoms with Crippen LogP contribution in [-0.2, 0) is 6.42 Å². The molecule has 1 aromatic carbocycles. The first-order chi connectivity index (χ1) is 18.9. The van der Waals surface area contributed by atoms with Gasteiger partial charge in [0.15, 0.2) is 11.7 Å². The van der Waals surface area contributed by atoms with E-state index < -0.39 is 0 Å². The zero-order valence-corrected chi connectivity index (χ0v) is 23.9.